The molecular formula is C11H11N3O2. The molecule has 0 spiro atoms. The Labute approximate surface area is 91.9 Å². The van der Waals surface area contributed by atoms with Crippen molar-refractivity contribution in [2.45, 2.75) is 6.92 Å². The van der Waals surface area contributed by atoms with Crippen molar-refractivity contribution in [1.29, 1.82) is 0 Å². The lowest BCUT2D eigenvalue weighted by Crippen LogP contribution is -2.01. The molecule has 0 radical (unpaired) electrons. The first-order valence-corrected chi connectivity index (χ1v) is 4.73. The Morgan fingerprint density at radius 1 is 1.44 bits per heavy atom. The van der Waals surface area contributed by atoms with E-state index in [4.69, 9.17) is 10.8 Å². The van der Waals surface area contributed by atoms with Crippen LogP contribution < -0.4 is 5.73 Å². The third-order valence-electron chi connectivity index (χ3n) is 2.41. The standard InChI is InChI=1S/C11H11N3O2/c1-6-8(11(15)16)9(12)10(14-6)7-2-4-13-5-3-7/h2-5,14H,12H2,1H3,(H,15,16). The fourth-order valence-electron chi connectivity index (χ4n) is 1.67. The van der Waals surface area contributed by atoms with Crippen LogP contribution in [0.15, 0.2) is 24.5 Å². The fraction of sp³-hybridized carbons (Fsp3) is 0.0909. The molecule has 5 nitrogen and oxygen atoms in total. The van der Waals surface area contributed by atoms with E-state index < -0.39 is 5.97 Å². The van der Waals surface area contributed by atoms with Gasteiger partial charge >= 0.3 is 5.97 Å². The zero-order chi connectivity index (χ0) is 11.7. The van der Waals surface area contributed by atoms with E-state index in [-0.39, 0.29) is 11.3 Å². The lowest BCUT2D eigenvalue weighted by atomic mass is 10.1. The van der Waals surface area contributed by atoms with E-state index in [9.17, 15) is 4.79 Å². The summed E-state index contributed by atoms with van der Waals surface area (Å²) in [6, 6.07) is 3.54. The van der Waals surface area contributed by atoms with E-state index in [0.29, 0.717) is 11.4 Å². The number of aromatic amines is 1. The molecule has 0 fully saturated rings. The fourth-order valence-corrected chi connectivity index (χ4v) is 1.67. The Kier molecular flexibility index (Phi) is 2.36. The number of H-pyrrole nitrogens is 1. The number of nitrogen functional groups attached to an aromatic ring is 1. The molecule has 4 N–H and O–H groups in total. The van der Waals surface area contributed by atoms with Crippen molar-refractivity contribution in [3.63, 3.8) is 0 Å². The number of carboxylic acid groups (broad SMARTS) is 1. The van der Waals surface area contributed by atoms with Gasteiger partial charge in [-0.3, -0.25) is 4.98 Å². The van der Waals surface area contributed by atoms with Gasteiger partial charge in [-0.25, -0.2) is 4.79 Å². The Morgan fingerprint density at radius 3 is 2.56 bits per heavy atom. The number of nitrogens with zero attached hydrogens (tertiary/aromatic N) is 1. The molecule has 0 unspecified atom stereocenters. The monoisotopic (exact) mass is 217 g/mol. The van der Waals surface area contributed by atoms with E-state index in [2.05, 4.69) is 9.97 Å². The van der Waals surface area contributed by atoms with Gasteiger partial charge in [-0.15, -0.1) is 0 Å². The summed E-state index contributed by atoms with van der Waals surface area (Å²) in [7, 11) is 0. The van der Waals surface area contributed by atoms with Gasteiger partial charge in [-0.05, 0) is 19.1 Å². The minimum absolute atomic E-state index is 0.131. The molecule has 2 aromatic heterocycles. The summed E-state index contributed by atoms with van der Waals surface area (Å²) < 4.78 is 0. The zero-order valence-corrected chi connectivity index (χ0v) is 8.69. The smallest absolute Gasteiger partial charge is 0.339 e. The largest absolute Gasteiger partial charge is 0.478 e. The van der Waals surface area contributed by atoms with Gasteiger partial charge in [0, 0.05) is 23.7 Å². The van der Waals surface area contributed by atoms with Crippen LogP contribution in [0.5, 0.6) is 0 Å². The number of nitrogens with one attached hydrogen (secondary N) is 1. The van der Waals surface area contributed by atoms with E-state index in [0.717, 1.165) is 5.56 Å². The van der Waals surface area contributed by atoms with E-state index in [1.807, 2.05) is 0 Å². The van der Waals surface area contributed by atoms with Gasteiger partial charge in [0.25, 0.3) is 0 Å². The van der Waals surface area contributed by atoms with Crippen molar-refractivity contribution in [2.75, 3.05) is 5.73 Å². The number of aryl methyl sites for hydroxylation is 1. The molecule has 2 aromatic rings. The molecule has 0 aliphatic carbocycles. The van der Waals surface area contributed by atoms with E-state index in [1.54, 1.807) is 31.5 Å². The van der Waals surface area contributed by atoms with Crippen molar-refractivity contribution in [1.82, 2.24) is 9.97 Å². The second-order valence-electron chi connectivity index (χ2n) is 3.45. The molecular weight excluding hydrogens is 206 g/mol. The minimum atomic E-state index is -1.02. The number of hydrogen-bond acceptors (Lipinski definition) is 3. The minimum Gasteiger partial charge on any atom is -0.478 e. The van der Waals surface area contributed by atoms with Gasteiger partial charge in [0.05, 0.1) is 11.4 Å². The number of pyridine rings is 1. The summed E-state index contributed by atoms with van der Waals surface area (Å²) in [6.45, 7) is 1.69. The average molecular weight is 217 g/mol. The molecule has 16 heavy (non-hydrogen) atoms. The Bertz CT molecular complexity index is 532. The maximum absolute atomic E-state index is 11.0. The second kappa shape index (κ2) is 3.69. The normalized spacial score (nSPS) is 10.3. The van der Waals surface area contributed by atoms with Crippen LogP contribution in [-0.2, 0) is 0 Å². The SMILES string of the molecule is Cc1[nH]c(-c2ccncc2)c(N)c1C(=O)O. The van der Waals surface area contributed by atoms with Gasteiger partial charge in [-0.1, -0.05) is 0 Å². The van der Waals surface area contributed by atoms with Crippen molar-refractivity contribution in [2.24, 2.45) is 0 Å². The number of aromatic carboxylic acids is 1. The van der Waals surface area contributed by atoms with Crippen LogP contribution in [0.3, 0.4) is 0 Å². The average Bonchev–Trinajstić information content (AvgIpc) is 2.55. The first kappa shape index (κ1) is 10.2. The molecule has 2 rings (SSSR count). The van der Waals surface area contributed by atoms with Gasteiger partial charge in [0.2, 0.25) is 0 Å². The molecule has 5 heteroatoms. The summed E-state index contributed by atoms with van der Waals surface area (Å²) >= 11 is 0. The number of anilines is 1. The molecule has 0 atom stereocenters. The highest BCUT2D eigenvalue weighted by molar-refractivity contribution is 5.99. The molecule has 82 valence electrons. The Morgan fingerprint density at radius 2 is 2.06 bits per heavy atom. The summed E-state index contributed by atoms with van der Waals surface area (Å²) in [5, 5.41) is 8.99. The van der Waals surface area contributed by atoms with Crippen LogP contribution in [0.4, 0.5) is 5.69 Å². The van der Waals surface area contributed by atoms with Crippen molar-refractivity contribution < 1.29 is 9.90 Å². The van der Waals surface area contributed by atoms with Crippen LogP contribution >= 0.6 is 0 Å². The number of nitrogens with two attached hydrogens (primary N) is 1. The molecule has 0 bridgehead atoms. The van der Waals surface area contributed by atoms with Gasteiger partial charge in [0.1, 0.15) is 5.56 Å². The second-order valence-corrected chi connectivity index (χ2v) is 3.45. The number of hydrogen-bond donors (Lipinski definition) is 3. The molecule has 0 aromatic carbocycles. The molecule has 0 saturated carbocycles. The highest BCUT2D eigenvalue weighted by Crippen LogP contribution is 2.29. The molecule has 2 heterocycles. The highest BCUT2D eigenvalue weighted by atomic mass is 16.4. The number of carbonyl (C=O) groups is 1. The molecule has 0 aliphatic heterocycles. The summed E-state index contributed by atoms with van der Waals surface area (Å²) in [6.07, 6.45) is 3.26. The van der Waals surface area contributed by atoms with E-state index in [1.165, 1.54) is 0 Å². The Balaban J connectivity index is 2.61. The topological polar surface area (TPSA) is 92.0 Å². The Hall–Kier alpha value is -2.30. The predicted octanol–water partition coefficient (Wildman–Crippen LogP) is 1.67. The summed E-state index contributed by atoms with van der Waals surface area (Å²) in [5.74, 6) is -1.02. The summed E-state index contributed by atoms with van der Waals surface area (Å²) in [5.41, 5.74) is 8.19. The molecule has 0 aliphatic rings. The maximum atomic E-state index is 11.0. The lowest BCUT2D eigenvalue weighted by Gasteiger charge is -1.99. The lowest BCUT2D eigenvalue weighted by molar-refractivity contribution is 0.0697. The van der Waals surface area contributed by atoms with Gasteiger partial charge in [0.15, 0.2) is 0 Å². The quantitative estimate of drug-likeness (QED) is 0.713. The number of aromatic nitrogens is 2. The maximum Gasteiger partial charge on any atom is 0.339 e. The highest BCUT2D eigenvalue weighted by Gasteiger charge is 2.18. The van der Waals surface area contributed by atoms with Crippen LogP contribution in [0.25, 0.3) is 11.3 Å². The van der Waals surface area contributed by atoms with E-state index >= 15 is 0 Å². The zero-order valence-electron chi connectivity index (χ0n) is 8.69. The van der Waals surface area contributed by atoms with Crippen LogP contribution in [0.2, 0.25) is 0 Å². The van der Waals surface area contributed by atoms with Crippen LogP contribution in [0, 0.1) is 6.92 Å². The van der Waals surface area contributed by atoms with Crippen molar-refractivity contribution in [3.8, 4) is 11.3 Å². The van der Waals surface area contributed by atoms with Gasteiger partial charge < -0.3 is 15.8 Å². The van der Waals surface area contributed by atoms with Gasteiger partial charge in [-0.2, -0.15) is 0 Å². The molecule has 0 saturated heterocycles. The van der Waals surface area contributed by atoms with Crippen LogP contribution in [-0.4, -0.2) is 21.0 Å². The third kappa shape index (κ3) is 1.52. The summed E-state index contributed by atoms with van der Waals surface area (Å²) in [4.78, 5) is 17.8. The number of carboxylic acids is 1. The van der Waals surface area contributed by atoms with Crippen molar-refractivity contribution in [3.05, 3.63) is 35.8 Å². The first-order chi connectivity index (χ1) is 7.61. The number of rotatable bonds is 2. The first-order valence-electron chi connectivity index (χ1n) is 4.73. The third-order valence-corrected chi connectivity index (χ3v) is 2.41. The predicted molar refractivity (Wildman–Crippen MR) is 60.1 cm³/mol. The molecule has 0 amide bonds. The van der Waals surface area contributed by atoms with Crippen molar-refractivity contribution >= 4 is 11.7 Å². The van der Waals surface area contributed by atoms with Crippen LogP contribution in [0.1, 0.15) is 16.1 Å².